The number of hydrogen-bond acceptors (Lipinski definition) is 4. The highest BCUT2D eigenvalue weighted by Gasteiger charge is 2.34. The maximum atomic E-state index is 12.0. The number of nitrogens with zero attached hydrogens (tertiary/aromatic N) is 1. The number of likely N-dealkylation sites (tertiary alicyclic amines) is 1. The van der Waals surface area contributed by atoms with E-state index < -0.39 is 11.4 Å². The van der Waals surface area contributed by atoms with Gasteiger partial charge in [-0.05, 0) is 18.4 Å². The molecule has 2 rings (SSSR count). The Labute approximate surface area is 136 Å². The number of halogens is 1. The fourth-order valence-electron chi connectivity index (χ4n) is 2.47. The highest BCUT2D eigenvalue weighted by molar-refractivity contribution is 5.85. The summed E-state index contributed by atoms with van der Waals surface area (Å²) in [5.41, 5.74) is 11.7. The van der Waals surface area contributed by atoms with Gasteiger partial charge in [-0.25, -0.2) is 4.79 Å². The summed E-state index contributed by atoms with van der Waals surface area (Å²) in [6.07, 6.45) is 0.909. The summed E-state index contributed by atoms with van der Waals surface area (Å²) in [7, 11) is 0. The average molecular weight is 328 g/mol. The second-order valence-corrected chi connectivity index (χ2v) is 5.53. The maximum Gasteiger partial charge on any atom is 0.410 e. The summed E-state index contributed by atoms with van der Waals surface area (Å²) in [6.45, 7) is 1.22. The van der Waals surface area contributed by atoms with Crippen LogP contribution in [-0.2, 0) is 16.1 Å². The molecule has 1 aromatic rings. The van der Waals surface area contributed by atoms with Crippen LogP contribution < -0.4 is 11.5 Å². The lowest BCUT2D eigenvalue weighted by Crippen LogP contribution is -2.53. The molecule has 0 atom stereocenters. The zero-order valence-corrected chi connectivity index (χ0v) is 13.2. The Hall–Kier alpha value is -1.79. The molecule has 0 aromatic heterocycles. The normalized spacial score (nSPS) is 16.5. The number of primary amides is 1. The summed E-state index contributed by atoms with van der Waals surface area (Å²) in [4.78, 5) is 24.6. The number of carbonyl (C=O) groups excluding carboxylic acids is 2. The predicted molar refractivity (Wildman–Crippen MR) is 85.4 cm³/mol. The third kappa shape index (κ3) is 5.20. The van der Waals surface area contributed by atoms with E-state index in [1.165, 1.54) is 0 Å². The average Bonchev–Trinajstić information content (AvgIpc) is 2.45. The summed E-state index contributed by atoms with van der Waals surface area (Å²) >= 11 is 0. The number of benzene rings is 1. The van der Waals surface area contributed by atoms with Crippen molar-refractivity contribution in [2.75, 3.05) is 13.1 Å². The first-order valence-electron chi connectivity index (χ1n) is 7.01. The summed E-state index contributed by atoms with van der Waals surface area (Å²) < 4.78 is 5.27. The Balaban J connectivity index is 0.00000242. The number of rotatable bonds is 4. The number of nitrogens with two attached hydrogens (primary N) is 2. The molecule has 0 bridgehead atoms. The van der Waals surface area contributed by atoms with Gasteiger partial charge in [0.1, 0.15) is 6.61 Å². The van der Waals surface area contributed by atoms with Crippen molar-refractivity contribution in [3.8, 4) is 0 Å². The van der Waals surface area contributed by atoms with Crippen molar-refractivity contribution in [2.24, 2.45) is 11.5 Å². The van der Waals surface area contributed by atoms with Gasteiger partial charge >= 0.3 is 6.09 Å². The van der Waals surface area contributed by atoms with Crippen LogP contribution in [-0.4, -0.2) is 35.5 Å². The fraction of sp³-hybridized carbons (Fsp3) is 0.467. The lowest BCUT2D eigenvalue weighted by atomic mass is 9.85. The SMILES string of the molecule is Cl.NC(=O)CC1(N)CCN(C(=O)OCc2ccccc2)CC1. The van der Waals surface area contributed by atoms with Gasteiger partial charge in [-0.3, -0.25) is 4.79 Å². The maximum absolute atomic E-state index is 12.0. The van der Waals surface area contributed by atoms with E-state index in [1.54, 1.807) is 4.90 Å². The second-order valence-electron chi connectivity index (χ2n) is 5.53. The molecule has 1 aliphatic rings. The van der Waals surface area contributed by atoms with Crippen molar-refractivity contribution in [3.63, 3.8) is 0 Å². The molecule has 1 heterocycles. The van der Waals surface area contributed by atoms with Crippen LogP contribution in [0.15, 0.2) is 30.3 Å². The minimum absolute atomic E-state index is 0. The minimum atomic E-state index is -0.595. The van der Waals surface area contributed by atoms with Crippen LogP contribution in [0.4, 0.5) is 4.79 Å². The highest BCUT2D eigenvalue weighted by atomic mass is 35.5. The van der Waals surface area contributed by atoms with Gasteiger partial charge in [-0.1, -0.05) is 30.3 Å². The van der Waals surface area contributed by atoms with Crippen molar-refractivity contribution >= 4 is 24.4 Å². The lowest BCUT2D eigenvalue weighted by Gasteiger charge is -2.37. The standard InChI is InChI=1S/C15H21N3O3.ClH/c16-13(19)10-15(17)6-8-18(9-7-15)14(20)21-11-12-4-2-1-3-5-12;/h1-5H,6-11,17H2,(H2,16,19);1H. The molecule has 4 N–H and O–H groups in total. The first-order valence-corrected chi connectivity index (χ1v) is 7.01. The van der Waals surface area contributed by atoms with Crippen molar-refractivity contribution in [3.05, 3.63) is 35.9 Å². The molecule has 0 unspecified atom stereocenters. The number of carbonyl (C=O) groups is 2. The van der Waals surface area contributed by atoms with E-state index in [1.807, 2.05) is 30.3 Å². The quantitative estimate of drug-likeness (QED) is 0.873. The van der Waals surface area contributed by atoms with Crippen LogP contribution in [0.1, 0.15) is 24.8 Å². The van der Waals surface area contributed by atoms with Crippen LogP contribution in [0.3, 0.4) is 0 Å². The lowest BCUT2D eigenvalue weighted by molar-refractivity contribution is -0.119. The highest BCUT2D eigenvalue weighted by Crippen LogP contribution is 2.23. The molecule has 6 nitrogen and oxygen atoms in total. The Morgan fingerprint density at radius 2 is 1.77 bits per heavy atom. The third-order valence-electron chi connectivity index (χ3n) is 3.75. The zero-order chi connectivity index (χ0) is 15.3. The van der Waals surface area contributed by atoms with Gasteiger partial charge in [-0.2, -0.15) is 0 Å². The van der Waals surface area contributed by atoms with E-state index in [-0.39, 0.29) is 31.5 Å². The van der Waals surface area contributed by atoms with Gasteiger partial charge in [0.2, 0.25) is 5.91 Å². The molecule has 22 heavy (non-hydrogen) atoms. The molecule has 1 fully saturated rings. The second kappa shape index (κ2) is 8.00. The molecule has 1 saturated heterocycles. The molecule has 1 aliphatic heterocycles. The first kappa shape index (κ1) is 18.3. The Bertz CT molecular complexity index is 502. The number of hydrogen-bond donors (Lipinski definition) is 2. The van der Waals surface area contributed by atoms with Gasteiger partial charge in [-0.15, -0.1) is 12.4 Å². The van der Waals surface area contributed by atoms with E-state index in [0.717, 1.165) is 5.56 Å². The van der Waals surface area contributed by atoms with Crippen LogP contribution in [0.5, 0.6) is 0 Å². The Kier molecular flexibility index (Phi) is 6.64. The van der Waals surface area contributed by atoms with Gasteiger partial charge in [0.25, 0.3) is 0 Å². The van der Waals surface area contributed by atoms with E-state index in [0.29, 0.717) is 25.9 Å². The summed E-state index contributed by atoms with van der Waals surface area (Å²) in [5, 5.41) is 0. The monoisotopic (exact) mass is 327 g/mol. The molecular weight excluding hydrogens is 306 g/mol. The smallest absolute Gasteiger partial charge is 0.410 e. The molecule has 0 radical (unpaired) electrons. The number of piperidine rings is 1. The van der Waals surface area contributed by atoms with Crippen molar-refractivity contribution in [1.29, 1.82) is 0 Å². The van der Waals surface area contributed by atoms with Crippen LogP contribution in [0, 0.1) is 0 Å². The van der Waals surface area contributed by atoms with Crippen LogP contribution in [0.25, 0.3) is 0 Å². The molecule has 1 aromatic carbocycles. The van der Waals surface area contributed by atoms with E-state index in [4.69, 9.17) is 16.2 Å². The zero-order valence-electron chi connectivity index (χ0n) is 12.4. The van der Waals surface area contributed by atoms with Crippen molar-refractivity contribution < 1.29 is 14.3 Å². The van der Waals surface area contributed by atoms with Crippen molar-refractivity contribution in [2.45, 2.75) is 31.4 Å². The van der Waals surface area contributed by atoms with Gasteiger partial charge in [0.15, 0.2) is 0 Å². The fourth-order valence-corrected chi connectivity index (χ4v) is 2.47. The molecule has 0 saturated carbocycles. The van der Waals surface area contributed by atoms with E-state index in [2.05, 4.69) is 0 Å². The summed E-state index contributed by atoms with van der Waals surface area (Å²) in [6, 6.07) is 9.52. The number of ether oxygens (including phenoxy) is 1. The Morgan fingerprint density at radius 3 is 2.32 bits per heavy atom. The molecule has 0 spiro atoms. The summed E-state index contributed by atoms with van der Waals surface area (Å²) in [5.74, 6) is -0.405. The Morgan fingerprint density at radius 1 is 1.18 bits per heavy atom. The van der Waals surface area contributed by atoms with Gasteiger partial charge < -0.3 is 21.1 Å². The molecule has 0 aliphatic carbocycles. The molecule has 122 valence electrons. The van der Waals surface area contributed by atoms with Crippen molar-refractivity contribution in [1.82, 2.24) is 4.90 Å². The van der Waals surface area contributed by atoms with Gasteiger partial charge in [0, 0.05) is 25.0 Å². The van der Waals surface area contributed by atoms with Gasteiger partial charge in [0.05, 0.1) is 0 Å². The molecule has 7 heteroatoms. The van der Waals surface area contributed by atoms with E-state index >= 15 is 0 Å². The van der Waals surface area contributed by atoms with Crippen LogP contribution >= 0.6 is 12.4 Å². The third-order valence-corrected chi connectivity index (χ3v) is 3.75. The topological polar surface area (TPSA) is 98.6 Å². The minimum Gasteiger partial charge on any atom is -0.445 e. The number of amides is 2. The predicted octanol–water partition coefficient (Wildman–Crippen LogP) is 1.41. The molecular formula is C15H22ClN3O3. The van der Waals surface area contributed by atoms with Crippen LogP contribution in [0.2, 0.25) is 0 Å². The first-order chi connectivity index (χ1) is 9.98. The molecule has 2 amide bonds. The van der Waals surface area contributed by atoms with E-state index in [9.17, 15) is 9.59 Å². The largest absolute Gasteiger partial charge is 0.445 e.